The Morgan fingerprint density at radius 1 is 1.16 bits per heavy atom. The molecule has 0 aliphatic carbocycles. The van der Waals surface area contributed by atoms with E-state index in [-0.39, 0.29) is 0 Å². The van der Waals surface area contributed by atoms with Gasteiger partial charge in [-0.25, -0.2) is 0 Å². The topological polar surface area (TPSA) is 15.3 Å². The maximum Gasteiger partial charge on any atom is 0.0244 e. The van der Waals surface area contributed by atoms with Crippen LogP contribution in [0.5, 0.6) is 0 Å². The molecule has 1 aromatic rings. The Morgan fingerprint density at radius 2 is 1.79 bits per heavy atom. The summed E-state index contributed by atoms with van der Waals surface area (Å²) in [5.74, 6) is 0. The van der Waals surface area contributed by atoms with Gasteiger partial charge in [-0.2, -0.15) is 0 Å². The molecular weight excluding hydrogens is 232 g/mol. The lowest BCUT2D eigenvalue weighted by molar-refractivity contribution is 0.129. The molecule has 1 aromatic carbocycles. The first-order chi connectivity index (χ1) is 8.84. The average molecular weight is 260 g/mol. The fourth-order valence-corrected chi connectivity index (χ4v) is 2.95. The molecule has 0 bridgehead atoms. The quantitative estimate of drug-likeness (QED) is 0.879. The van der Waals surface area contributed by atoms with Gasteiger partial charge in [-0.1, -0.05) is 50.1 Å². The summed E-state index contributed by atoms with van der Waals surface area (Å²) in [5.41, 5.74) is 4.53. The van der Waals surface area contributed by atoms with Crippen molar-refractivity contribution in [2.45, 2.75) is 47.2 Å². The van der Waals surface area contributed by atoms with E-state index in [0.717, 1.165) is 26.2 Å². The number of nitrogens with one attached hydrogen (secondary N) is 1. The summed E-state index contributed by atoms with van der Waals surface area (Å²) in [6, 6.07) is 7.48. The Hall–Kier alpha value is -0.860. The molecule has 0 spiro atoms. The maximum atomic E-state index is 3.66. The van der Waals surface area contributed by atoms with Crippen molar-refractivity contribution in [2.24, 2.45) is 5.41 Å². The second-order valence-electron chi connectivity index (χ2n) is 7.10. The van der Waals surface area contributed by atoms with Gasteiger partial charge in [0, 0.05) is 32.2 Å². The third kappa shape index (κ3) is 4.05. The van der Waals surface area contributed by atoms with E-state index in [4.69, 9.17) is 0 Å². The van der Waals surface area contributed by atoms with Crippen LogP contribution in [0.4, 0.5) is 0 Å². The molecule has 0 radical (unpaired) electrons. The molecular formula is C17H28N2. The van der Waals surface area contributed by atoms with Crippen molar-refractivity contribution in [1.29, 1.82) is 0 Å². The van der Waals surface area contributed by atoms with Gasteiger partial charge in [-0.15, -0.1) is 0 Å². The fraction of sp³-hybridized carbons (Fsp3) is 0.647. The zero-order valence-corrected chi connectivity index (χ0v) is 13.1. The highest BCUT2D eigenvalue weighted by Gasteiger charge is 2.29. The average Bonchev–Trinajstić information content (AvgIpc) is 2.26. The maximum absolute atomic E-state index is 3.66. The zero-order chi connectivity index (χ0) is 14.0. The zero-order valence-electron chi connectivity index (χ0n) is 13.1. The van der Waals surface area contributed by atoms with Crippen molar-refractivity contribution >= 4 is 0 Å². The van der Waals surface area contributed by atoms with Gasteiger partial charge < -0.3 is 5.32 Å². The number of piperazine rings is 1. The molecule has 0 aromatic heterocycles. The highest BCUT2D eigenvalue weighted by Crippen LogP contribution is 2.22. The van der Waals surface area contributed by atoms with Crippen molar-refractivity contribution in [3.8, 4) is 0 Å². The molecule has 1 unspecified atom stereocenters. The summed E-state index contributed by atoms with van der Waals surface area (Å²) >= 11 is 0. The van der Waals surface area contributed by atoms with Crippen molar-refractivity contribution in [3.63, 3.8) is 0 Å². The third-order valence-electron chi connectivity index (χ3n) is 3.99. The third-order valence-corrected chi connectivity index (χ3v) is 3.99. The van der Waals surface area contributed by atoms with Gasteiger partial charge in [-0.3, -0.25) is 4.90 Å². The number of hydrogen-bond donors (Lipinski definition) is 1. The Morgan fingerprint density at radius 3 is 2.37 bits per heavy atom. The van der Waals surface area contributed by atoms with Crippen LogP contribution in [0.25, 0.3) is 0 Å². The van der Waals surface area contributed by atoms with Gasteiger partial charge in [0.05, 0.1) is 0 Å². The minimum absolute atomic E-state index is 0.335. The van der Waals surface area contributed by atoms with E-state index in [2.05, 4.69) is 63.0 Å². The molecule has 106 valence electrons. The van der Waals surface area contributed by atoms with E-state index in [1.54, 1.807) is 0 Å². The highest BCUT2D eigenvalue weighted by atomic mass is 15.2. The normalized spacial score (nSPS) is 21.6. The van der Waals surface area contributed by atoms with Gasteiger partial charge in [0.25, 0.3) is 0 Å². The minimum atomic E-state index is 0.335. The van der Waals surface area contributed by atoms with Gasteiger partial charge in [-0.05, 0) is 24.8 Å². The van der Waals surface area contributed by atoms with Gasteiger partial charge in [0.15, 0.2) is 0 Å². The van der Waals surface area contributed by atoms with Crippen LogP contribution in [0.1, 0.15) is 37.5 Å². The molecule has 19 heavy (non-hydrogen) atoms. The van der Waals surface area contributed by atoms with Crippen LogP contribution in [0.15, 0.2) is 18.2 Å². The van der Waals surface area contributed by atoms with Crippen LogP contribution in [-0.4, -0.2) is 30.6 Å². The van der Waals surface area contributed by atoms with E-state index < -0.39 is 0 Å². The Kier molecular flexibility index (Phi) is 4.32. The van der Waals surface area contributed by atoms with Crippen LogP contribution in [0.3, 0.4) is 0 Å². The molecule has 2 heteroatoms. The van der Waals surface area contributed by atoms with Crippen LogP contribution >= 0.6 is 0 Å². The molecule has 1 aliphatic rings. The lowest BCUT2D eigenvalue weighted by Crippen LogP contribution is -2.55. The molecule has 1 fully saturated rings. The van der Waals surface area contributed by atoms with E-state index in [1.807, 2.05) is 0 Å². The number of aryl methyl sites for hydroxylation is 2. The van der Waals surface area contributed by atoms with Crippen LogP contribution in [0.2, 0.25) is 0 Å². The highest BCUT2D eigenvalue weighted by molar-refractivity contribution is 5.28. The van der Waals surface area contributed by atoms with E-state index >= 15 is 0 Å². The smallest absolute Gasteiger partial charge is 0.0244 e. The Labute approximate surface area is 118 Å². The number of nitrogens with zero attached hydrogens (tertiary/aromatic N) is 1. The summed E-state index contributed by atoms with van der Waals surface area (Å²) in [7, 11) is 0. The van der Waals surface area contributed by atoms with E-state index in [0.29, 0.717) is 11.5 Å². The predicted molar refractivity (Wildman–Crippen MR) is 82.4 cm³/mol. The van der Waals surface area contributed by atoms with Crippen LogP contribution < -0.4 is 5.32 Å². The van der Waals surface area contributed by atoms with Crippen molar-refractivity contribution < 1.29 is 0 Å². The molecule has 2 rings (SSSR count). The van der Waals surface area contributed by atoms with Gasteiger partial charge >= 0.3 is 0 Å². The lowest BCUT2D eigenvalue weighted by Gasteiger charge is -2.40. The van der Waals surface area contributed by atoms with E-state index in [1.165, 1.54) is 16.7 Å². The lowest BCUT2D eigenvalue weighted by atomic mass is 9.85. The monoisotopic (exact) mass is 260 g/mol. The van der Waals surface area contributed by atoms with Crippen molar-refractivity contribution in [1.82, 2.24) is 10.2 Å². The molecule has 1 heterocycles. The van der Waals surface area contributed by atoms with Gasteiger partial charge in [0.2, 0.25) is 0 Å². The van der Waals surface area contributed by atoms with Gasteiger partial charge in [0.1, 0.15) is 0 Å². The molecule has 1 N–H and O–H groups in total. The van der Waals surface area contributed by atoms with Crippen LogP contribution in [-0.2, 0) is 6.54 Å². The first-order valence-electron chi connectivity index (χ1n) is 7.37. The minimum Gasteiger partial charge on any atom is -0.311 e. The molecule has 1 aliphatic heterocycles. The Bertz CT molecular complexity index is 411. The summed E-state index contributed by atoms with van der Waals surface area (Å²) in [6.45, 7) is 15.8. The van der Waals surface area contributed by atoms with Crippen molar-refractivity contribution in [3.05, 3.63) is 34.9 Å². The fourth-order valence-electron chi connectivity index (χ4n) is 2.95. The second kappa shape index (κ2) is 5.64. The van der Waals surface area contributed by atoms with E-state index in [9.17, 15) is 0 Å². The summed E-state index contributed by atoms with van der Waals surface area (Å²) in [5, 5.41) is 3.66. The molecule has 0 amide bonds. The van der Waals surface area contributed by atoms with Crippen molar-refractivity contribution in [2.75, 3.05) is 19.6 Å². The number of hydrogen-bond acceptors (Lipinski definition) is 2. The second-order valence-corrected chi connectivity index (χ2v) is 7.10. The standard InChI is InChI=1S/C17H28N2/c1-13-8-14(2)10-15(9-13)11-19-7-6-18-16(12-19)17(3,4)5/h8-10,16,18H,6-7,11-12H2,1-5H3. The first kappa shape index (κ1) is 14.5. The summed E-state index contributed by atoms with van der Waals surface area (Å²) in [6.07, 6.45) is 0. The molecule has 2 nitrogen and oxygen atoms in total. The molecule has 1 atom stereocenters. The number of rotatable bonds is 2. The van der Waals surface area contributed by atoms with Crippen LogP contribution in [0, 0.1) is 19.3 Å². The Balaban J connectivity index is 2.02. The first-order valence-corrected chi connectivity index (χ1v) is 7.37. The number of benzene rings is 1. The SMILES string of the molecule is Cc1cc(C)cc(CN2CCNC(C(C)(C)C)C2)c1. The largest absolute Gasteiger partial charge is 0.311 e. The molecule has 1 saturated heterocycles. The molecule has 0 saturated carbocycles. The summed E-state index contributed by atoms with van der Waals surface area (Å²) < 4.78 is 0. The summed E-state index contributed by atoms with van der Waals surface area (Å²) in [4.78, 5) is 2.58. The predicted octanol–water partition coefficient (Wildman–Crippen LogP) is 3.12.